The summed E-state index contributed by atoms with van der Waals surface area (Å²) in [7, 11) is 4.66. The fourth-order valence-corrected chi connectivity index (χ4v) is 7.25. The first kappa shape index (κ1) is 39.6. The van der Waals surface area contributed by atoms with Crippen LogP contribution in [-0.2, 0) is 41.0 Å². The standard InChI is InChI=1S/C39H54N4O10/c1-9-18-52-37(47)43-28-23-30(29(48-7)22-26(28)33(44)42-17-12-14-27(42)34(43)53-32-15-10-11-19-51-32)50-20-13-16-38(2,3)35(45)40-25-21-31(41(6)24-25)39(4,5)36(46)49-8/h9,21-24,27,32,34H,1,10-20H2,2-8H3,(H,40,45)/t27-,32?,34?/m0/s1. The minimum Gasteiger partial charge on any atom is -0.493 e. The first-order valence-corrected chi connectivity index (χ1v) is 18.3. The van der Waals surface area contributed by atoms with E-state index in [0.29, 0.717) is 61.7 Å². The largest absolute Gasteiger partial charge is 0.493 e. The van der Waals surface area contributed by atoms with Crippen LogP contribution < -0.4 is 19.7 Å². The molecule has 1 N–H and O–H groups in total. The van der Waals surface area contributed by atoms with E-state index in [0.717, 1.165) is 19.3 Å². The normalized spacial score (nSPS) is 20.2. The molecule has 53 heavy (non-hydrogen) atoms. The van der Waals surface area contributed by atoms with Gasteiger partial charge in [0.2, 0.25) is 5.91 Å². The van der Waals surface area contributed by atoms with Gasteiger partial charge in [-0.25, -0.2) is 9.69 Å². The van der Waals surface area contributed by atoms with Crippen molar-refractivity contribution in [1.82, 2.24) is 9.47 Å². The van der Waals surface area contributed by atoms with Crippen molar-refractivity contribution in [3.63, 3.8) is 0 Å². The van der Waals surface area contributed by atoms with Crippen LogP contribution in [0.5, 0.6) is 11.5 Å². The summed E-state index contributed by atoms with van der Waals surface area (Å²) < 4.78 is 36.7. The molecule has 5 rings (SSSR count). The zero-order chi connectivity index (χ0) is 38.5. The molecule has 0 aliphatic carbocycles. The SMILES string of the molecule is C=CCOC(=O)N1c2cc(OCCCC(C)(C)C(=O)Nc3cc(C(C)(C)C(=O)OC)n(C)c3)c(OC)cc2C(=O)N2CCC[C@H]2C1OC1CCCCO1. The number of nitrogens with one attached hydrogen (secondary N) is 1. The second kappa shape index (κ2) is 16.6. The maximum Gasteiger partial charge on any atom is 0.416 e. The van der Waals surface area contributed by atoms with E-state index in [1.807, 2.05) is 20.9 Å². The molecule has 2 unspecified atom stereocenters. The van der Waals surface area contributed by atoms with Crippen molar-refractivity contribution in [3.8, 4) is 11.5 Å². The molecule has 2 fully saturated rings. The number of carbonyl (C=O) groups excluding carboxylic acids is 4. The fourth-order valence-electron chi connectivity index (χ4n) is 7.25. The van der Waals surface area contributed by atoms with Gasteiger partial charge < -0.3 is 43.2 Å². The molecule has 1 aromatic carbocycles. The molecule has 0 bridgehead atoms. The molecule has 290 valence electrons. The van der Waals surface area contributed by atoms with Crippen LogP contribution in [0.4, 0.5) is 16.2 Å². The molecule has 14 nitrogen and oxygen atoms in total. The summed E-state index contributed by atoms with van der Waals surface area (Å²) in [6.45, 7) is 12.2. The number of methoxy groups -OCH3 is 2. The number of hydrogen-bond donors (Lipinski definition) is 1. The number of fused-ring (bicyclic) bond motifs is 2. The van der Waals surface area contributed by atoms with Crippen LogP contribution in [0, 0.1) is 5.41 Å². The molecule has 3 atom stereocenters. The fraction of sp³-hybridized carbons (Fsp3) is 0.590. The molecular weight excluding hydrogens is 684 g/mol. The highest BCUT2D eigenvalue weighted by Crippen LogP contribution is 2.43. The number of rotatable bonds is 14. The predicted octanol–water partition coefficient (Wildman–Crippen LogP) is 5.92. The van der Waals surface area contributed by atoms with Gasteiger partial charge >= 0.3 is 12.1 Å². The van der Waals surface area contributed by atoms with Gasteiger partial charge in [0, 0.05) is 43.6 Å². The quantitative estimate of drug-likeness (QED) is 0.141. The lowest BCUT2D eigenvalue weighted by molar-refractivity contribution is -0.195. The van der Waals surface area contributed by atoms with E-state index in [4.69, 9.17) is 28.4 Å². The minimum atomic E-state index is -0.902. The number of amides is 3. The van der Waals surface area contributed by atoms with Crippen LogP contribution in [0.1, 0.15) is 88.7 Å². The molecule has 0 radical (unpaired) electrons. The third kappa shape index (κ3) is 8.49. The summed E-state index contributed by atoms with van der Waals surface area (Å²) in [6, 6.07) is 4.59. The number of aromatic nitrogens is 1. The zero-order valence-electron chi connectivity index (χ0n) is 32.0. The summed E-state index contributed by atoms with van der Waals surface area (Å²) in [5.74, 6) is -0.153. The van der Waals surface area contributed by atoms with Crippen molar-refractivity contribution in [1.29, 1.82) is 0 Å². The van der Waals surface area contributed by atoms with Crippen molar-refractivity contribution < 1.29 is 47.6 Å². The van der Waals surface area contributed by atoms with Gasteiger partial charge in [0.1, 0.15) is 12.0 Å². The van der Waals surface area contributed by atoms with Gasteiger partial charge in [0.15, 0.2) is 24.0 Å². The van der Waals surface area contributed by atoms with Crippen LogP contribution in [-0.4, -0.2) is 92.5 Å². The van der Waals surface area contributed by atoms with Crippen molar-refractivity contribution in [2.45, 2.75) is 96.6 Å². The predicted molar refractivity (Wildman–Crippen MR) is 197 cm³/mol. The van der Waals surface area contributed by atoms with Gasteiger partial charge in [-0.1, -0.05) is 26.5 Å². The Hall–Kier alpha value is -4.56. The highest BCUT2D eigenvalue weighted by molar-refractivity contribution is 6.06. The Kier molecular flexibility index (Phi) is 12.4. The maximum absolute atomic E-state index is 14.1. The third-order valence-electron chi connectivity index (χ3n) is 10.3. The Morgan fingerprint density at radius 1 is 1.06 bits per heavy atom. The topological polar surface area (TPSA) is 147 Å². The number of nitrogens with zero attached hydrogens (tertiary/aromatic N) is 3. The van der Waals surface area contributed by atoms with Gasteiger partial charge in [-0.2, -0.15) is 0 Å². The summed E-state index contributed by atoms with van der Waals surface area (Å²) in [6.07, 6.45) is 6.08. The average molecular weight is 739 g/mol. The summed E-state index contributed by atoms with van der Waals surface area (Å²) >= 11 is 0. The van der Waals surface area contributed by atoms with Crippen LogP contribution in [0.3, 0.4) is 0 Å². The second-order valence-electron chi connectivity index (χ2n) is 14.9. The van der Waals surface area contributed by atoms with E-state index in [9.17, 15) is 19.2 Å². The van der Waals surface area contributed by atoms with Gasteiger partial charge in [-0.15, -0.1) is 0 Å². The Bertz CT molecular complexity index is 1680. The Morgan fingerprint density at radius 3 is 2.51 bits per heavy atom. The molecule has 3 aliphatic rings. The number of carbonyl (C=O) groups is 4. The van der Waals surface area contributed by atoms with E-state index in [-0.39, 0.29) is 42.2 Å². The number of hydrogen-bond acceptors (Lipinski definition) is 10. The molecule has 3 aliphatic heterocycles. The number of benzene rings is 1. The first-order valence-electron chi connectivity index (χ1n) is 18.3. The van der Waals surface area contributed by atoms with Crippen LogP contribution in [0.25, 0.3) is 0 Å². The van der Waals surface area contributed by atoms with Gasteiger partial charge in [-0.3, -0.25) is 14.4 Å². The Morgan fingerprint density at radius 2 is 1.83 bits per heavy atom. The van der Waals surface area contributed by atoms with E-state index in [2.05, 4.69) is 11.9 Å². The lowest BCUT2D eigenvalue weighted by atomic mass is 9.86. The summed E-state index contributed by atoms with van der Waals surface area (Å²) in [5.41, 5.74) is 0.158. The third-order valence-corrected chi connectivity index (χ3v) is 10.3. The summed E-state index contributed by atoms with van der Waals surface area (Å²) in [4.78, 5) is 56.9. The highest BCUT2D eigenvalue weighted by Gasteiger charge is 2.48. The van der Waals surface area contributed by atoms with E-state index >= 15 is 0 Å². The molecule has 0 saturated carbocycles. The van der Waals surface area contributed by atoms with Gasteiger partial charge in [-0.05, 0) is 70.9 Å². The zero-order valence-corrected chi connectivity index (χ0v) is 32.0. The minimum absolute atomic E-state index is 0.0283. The maximum atomic E-state index is 14.1. The molecule has 0 spiro atoms. The second-order valence-corrected chi connectivity index (χ2v) is 14.9. The van der Waals surface area contributed by atoms with E-state index < -0.39 is 35.5 Å². The molecular formula is C39H54N4O10. The lowest BCUT2D eigenvalue weighted by Crippen LogP contribution is -2.54. The highest BCUT2D eigenvalue weighted by atomic mass is 16.7. The molecule has 4 heterocycles. The van der Waals surface area contributed by atoms with Crippen molar-refractivity contribution in [2.24, 2.45) is 12.5 Å². The number of esters is 1. The van der Waals surface area contributed by atoms with Crippen LogP contribution >= 0.6 is 0 Å². The van der Waals surface area contributed by atoms with E-state index in [1.54, 1.807) is 47.7 Å². The number of aryl methyl sites for hydroxylation is 1. The Labute approximate surface area is 311 Å². The van der Waals surface area contributed by atoms with Crippen molar-refractivity contribution >= 4 is 35.3 Å². The van der Waals surface area contributed by atoms with Gasteiger partial charge in [0.05, 0.1) is 43.8 Å². The van der Waals surface area contributed by atoms with Crippen molar-refractivity contribution in [2.75, 3.05) is 50.8 Å². The number of ether oxygens (including phenoxy) is 6. The number of anilines is 2. The average Bonchev–Trinajstić information content (AvgIpc) is 3.77. The molecule has 2 aromatic rings. The van der Waals surface area contributed by atoms with E-state index in [1.165, 1.54) is 25.2 Å². The monoisotopic (exact) mass is 738 g/mol. The molecule has 2 saturated heterocycles. The first-order chi connectivity index (χ1) is 25.2. The van der Waals surface area contributed by atoms with Gasteiger partial charge in [0.25, 0.3) is 5.91 Å². The Balaban J connectivity index is 1.34. The van der Waals surface area contributed by atoms with Crippen LogP contribution in [0.2, 0.25) is 0 Å². The summed E-state index contributed by atoms with van der Waals surface area (Å²) in [5, 5.41) is 2.99. The molecule has 14 heteroatoms. The van der Waals surface area contributed by atoms with Crippen molar-refractivity contribution in [3.05, 3.63) is 48.3 Å². The lowest BCUT2D eigenvalue weighted by Gasteiger charge is -2.38. The molecule has 3 amide bonds. The molecule has 1 aromatic heterocycles. The smallest absolute Gasteiger partial charge is 0.416 e. The van der Waals surface area contributed by atoms with Crippen LogP contribution in [0.15, 0.2) is 37.1 Å².